The molecule has 0 saturated heterocycles. The summed E-state index contributed by atoms with van der Waals surface area (Å²) in [7, 11) is -3.95. The van der Waals surface area contributed by atoms with Crippen LogP contribution in [-0.2, 0) is 22.4 Å². The number of carbonyl (C=O) groups excluding carboxylic acids is 1. The van der Waals surface area contributed by atoms with Crippen molar-refractivity contribution < 1.29 is 22.4 Å². The van der Waals surface area contributed by atoms with Crippen LogP contribution in [0.4, 0.5) is 0 Å². The number of furan rings is 1. The molecule has 0 bridgehead atoms. The van der Waals surface area contributed by atoms with Crippen LogP contribution in [0.1, 0.15) is 27.2 Å². The molecular formula is C20H16N2O5S. The summed E-state index contributed by atoms with van der Waals surface area (Å²) in [5.41, 5.74) is 1.30. The van der Waals surface area contributed by atoms with Crippen LogP contribution < -0.4 is 9.46 Å². The summed E-state index contributed by atoms with van der Waals surface area (Å²) in [6.07, 6.45) is 1.30. The van der Waals surface area contributed by atoms with Crippen molar-refractivity contribution >= 4 is 15.9 Å². The Labute approximate surface area is 162 Å². The molecule has 8 heteroatoms. The summed E-state index contributed by atoms with van der Waals surface area (Å²) in [6.45, 7) is 0.0545. The van der Waals surface area contributed by atoms with Crippen molar-refractivity contribution in [2.75, 3.05) is 0 Å². The smallest absolute Gasteiger partial charge is 0.300 e. The number of nitrogens with zero attached hydrogens (tertiary/aromatic N) is 1. The standard InChI is InChI=1S/C20H16N2O5S/c21-12-15-6-8-16(9-7-15)14-28(24,25)22-20(23)19-17(10-11-26-19)13-27-18-4-2-1-3-5-18/h1-11H,13-14H2,(H,22,23). The van der Waals surface area contributed by atoms with Gasteiger partial charge >= 0.3 is 5.91 Å². The molecule has 3 aromatic rings. The maximum Gasteiger partial charge on any atom is 0.300 e. The summed E-state index contributed by atoms with van der Waals surface area (Å²) in [5.74, 6) is -0.783. The maximum atomic E-state index is 12.4. The Morgan fingerprint density at radius 2 is 1.79 bits per heavy atom. The van der Waals surface area contributed by atoms with E-state index in [0.29, 0.717) is 22.4 Å². The highest BCUT2D eigenvalue weighted by molar-refractivity contribution is 7.89. The monoisotopic (exact) mass is 396 g/mol. The van der Waals surface area contributed by atoms with Crippen molar-refractivity contribution in [1.82, 2.24) is 4.72 Å². The highest BCUT2D eigenvalue weighted by Crippen LogP contribution is 2.16. The van der Waals surface area contributed by atoms with Gasteiger partial charge < -0.3 is 9.15 Å². The van der Waals surface area contributed by atoms with Crippen molar-refractivity contribution in [3.8, 4) is 11.8 Å². The Kier molecular flexibility index (Phi) is 5.77. The first-order valence-electron chi connectivity index (χ1n) is 8.25. The van der Waals surface area contributed by atoms with Gasteiger partial charge in [-0.25, -0.2) is 13.1 Å². The van der Waals surface area contributed by atoms with Crippen LogP contribution in [0.25, 0.3) is 0 Å². The first-order chi connectivity index (χ1) is 13.5. The summed E-state index contributed by atoms with van der Waals surface area (Å²) in [6, 6.07) is 18.6. The number of benzene rings is 2. The Morgan fingerprint density at radius 3 is 2.46 bits per heavy atom. The maximum absolute atomic E-state index is 12.4. The van der Waals surface area contributed by atoms with Crippen LogP contribution in [0, 0.1) is 11.3 Å². The molecule has 1 N–H and O–H groups in total. The highest BCUT2D eigenvalue weighted by Gasteiger charge is 2.22. The van der Waals surface area contributed by atoms with Crippen LogP contribution in [0.5, 0.6) is 5.75 Å². The van der Waals surface area contributed by atoms with Crippen LogP contribution in [-0.4, -0.2) is 14.3 Å². The first-order valence-corrected chi connectivity index (χ1v) is 9.90. The molecule has 2 aromatic carbocycles. The summed E-state index contributed by atoms with van der Waals surface area (Å²) in [5, 5.41) is 8.78. The largest absolute Gasteiger partial charge is 0.489 e. The number of nitriles is 1. The Balaban J connectivity index is 1.65. The van der Waals surface area contributed by atoms with Crippen LogP contribution in [0.3, 0.4) is 0 Å². The third-order valence-electron chi connectivity index (χ3n) is 3.78. The van der Waals surface area contributed by atoms with Crippen molar-refractivity contribution in [2.45, 2.75) is 12.4 Å². The number of ether oxygens (including phenoxy) is 1. The molecule has 0 unspecified atom stereocenters. The van der Waals surface area contributed by atoms with E-state index in [0.717, 1.165) is 0 Å². The van der Waals surface area contributed by atoms with E-state index in [4.69, 9.17) is 14.4 Å². The van der Waals surface area contributed by atoms with Gasteiger partial charge in [0.25, 0.3) is 0 Å². The van der Waals surface area contributed by atoms with Gasteiger partial charge in [-0.3, -0.25) is 4.79 Å². The number of amides is 1. The molecule has 0 aliphatic rings. The zero-order chi connectivity index (χ0) is 20.0. The summed E-state index contributed by atoms with van der Waals surface area (Å²) >= 11 is 0. The van der Waals surface area contributed by atoms with Crippen LogP contribution in [0.2, 0.25) is 0 Å². The number of rotatable bonds is 7. The third kappa shape index (κ3) is 4.99. The minimum Gasteiger partial charge on any atom is -0.489 e. The van der Waals surface area contributed by atoms with Gasteiger partial charge in [-0.15, -0.1) is 0 Å². The molecule has 0 saturated carbocycles. The molecule has 0 radical (unpaired) electrons. The molecular weight excluding hydrogens is 380 g/mol. The van der Waals surface area contributed by atoms with E-state index in [9.17, 15) is 13.2 Å². The fourth-order valence-electron chi connectivity index (χ4n) is 2.44. The predicted octanol–water partition coefficient (Wildman–Crippen LogP) is 2.99. The van der Waals surface area contributed by atoms with E-state index in [1.807, 2.05) is 29.0 Å². The molecule has 7 nitrogen and oxygen atoms in total. The average molecular weight is 396 g/mol. The lowest BCUT2D eigenvalue weighted by Crippen LogP contribution is -2.32. The Bertz CT molecular complexity index is 1100. The predicted molar refractivity (Wildman–Crippen MR) is 101 cm³/mol. The van der Waals surface area contributed by atoms with Gasteiger partial charge in [-0.2, -0.15) is 5.26 Å². The number of nitrogens with one attached hydrogen (secondary N) is 1. The molecule has 0 spiro atoms. The van der Waals surface area contributed by atoms with E-state index < -0.39 is 21.7 Å². The van der Waals surface area contributed by atoms with Crippen molar-refractivity contribution in [3.63, 3.8) is 0 Å². The van der Waals surface area contributed by atoms with Crippen LogP contribution >= 0.6 is 0 Å². The van der Waals surface area contributed by atoms with Crippen LogP contribution in [0.15, 0.2) is 71.3 Å². The Hall–Kier alpha value is -3.57. The Morgan fingerprint density at radius 1 is 1.07 bits per heavy atom. The van der Waals surface area contributed by atoms with Gasteiger partial charge in [0.05, 0.1) is 23.6 Å². The zero-order valence-corrected chi connectivity index (χ0v) is 15.5. The number of sulfonamides is 1. The molecule has 1 aromatic heterocycles. The second-order valence-corrected chi connectivity index (χ2v) is 7.60. The molecule has 142 valence electrons. The normalized spacial score (nSPS) is 10.8. The topological polar surface area (TPSA) is 109 Å². The van der Waals surface area contributed by atoms with E-state index in [-0.39, 0.29) is 12.4 Å². The van der Waals surface area contributed by atoms with Gasteiger partial charge in [0.1, 0.15) is 12.4 Å². The molecule has 0 aliphatic heterocycles. The fraction of sp³-hybridized carbons (Fsp3) is 0.100. The average Bonchev–Trinajstić information content (AvgIpc) is 3.16. The molecule has 1 amide bonds. The van der Waals surface area contributed by atoms with E-state index in [2.05, 4.69) is 0 Å². The number of hydrogen-bond donors (Lipinski definition) is 1. The van der Waals surface area contributed by atoms with Crippen molar-refractivity contribution in [2.24, 2.45) is 0 Å². The van der Waals surface area contributed by atoms with E-state index >= 15 is 0 Å². The number of para-hydroxylation sites is 1. The molecule has 0 atom stereocenters. The minimum atomic E-state index is -3.95. The molecule has 0 aliphatic carbocycles. The lowest BCUT2D eigenvalue weighted by atomic mass is 10.2. The second-order valence-electron chi connectivity index (χ2n) is 5.88. The van der Waals surface area contributed by atoms with Gasteiger partial charge in [0.15, 0.2) is 5.76 Å². The number of hydrogen-bond acceptors (Lipinski definition) is 6. The quantitative estimate of drug-likeness (QED) is 0.657. The summed E-state index contributed by atoms with van der Waals surface area (Å²) < 4.78 is 37.3. The molecule has 1 heterocycles. The summed E-state index contributed by atoms with van der Waals surface area (Å²) in [4.78, 5) is 12.4. The van der Waals surface area contributed by atoms with Gasteiger partial charge in [0.2, 0.25) is 10.0 Å². The molecule has 3 rings (SSSR count). The van der Waals surface area contributed by atoms with Gasteiger partial charge in [-0.1, -0.05) is 30.3 Å². The second kappa shape index (κ2) is 8.41. The lowest BCUT2D eigenvalue weighted by molar-refractivity contribution is 0.0951. The molecule has 28 heavy (non-hydrogen) atoms. The highest BCUT2D eigenvalue weighted by atomic mass is 32.2. The van der Waals surface area contributed by atoms with Crippen molar-refractivity contribution in [1.29, 1.82) is 5.26 Å². The number of carbonyl (C=O) groups is 1. The third-order valence-corrected chi connectivity index (χ3v) is 4.99. The fourth-order valence-corrected chi connectivity index (χ4v) is 3.52. The van der Waals surface area contributed by atoms with Crippen molar-refractivity contribution in [3.05, 3.63) is 89.4 Å². The van der Waals surface area contributed by atoms with Gasteiger partial charge in [0, 0.05) is 5.56 Å². The first kappa shape index (κ1) is 19.2. The minimum absolute atomic E-state index is 0.0545. The lowest BCUT2D eigenvalue weighted by Gasteiger charge is -2.08. The van der Waals surface area contributed by atoms with Gasteiger partial charge in [-0.05, 0) is 35.9 Å². The molecule has 0 fully saturated rings. The SMILES string of the molecule is N#Cc1ccc(CS(=O)(=O)NC(=O)c2occc2COc2ccccc2)cc1. The van der Waals surface area contributed by atoms with E-state index in [1.54, 1.807) is 18.2 Å². The van der Waals surface area contributed by atoms with E-state index in [1.165, 1.54) is 30.5 Å². The zero-order valence-electron chi connectivity index (χ0n) is 14.7.